The zero-order valence-electron chi connectivity index (χ0n) is 8.69. The number of aromatic nitrogens is 2. The van der Waals surface area contributed by atoms with Crippen LogP contribution in [0.2, 0.25) is 4.34 Å². The largest absolute Gasteiger partial charge is 0.311 e. The summed E-state index contributed by atoms with van der Waals surface area (Å²) < 4.78 is 0.853. The molecule has 0 saturated carbocycles. The van der Waals surface area contributed by atoms with Crippen molar-refractivity contribution in [3.05, 3.63) is 45.6 Å². The Hall–Kier alpha value is -0.970. The van der Waals surface area contributed by atoms with Crippen molar-refractivity contribution in [3.8, 4) is 0 Å². The highest BCUT2D eigenvalue weighted by molar-refractivity contribution is 7.16. The molecule has 5 heteroatoms. The van der Waals surface area contributed by atoms with Crippen molar-refractivity contribution in [2.24, 2.45) is 0 Å². The van der Waals surface area contributed by atoms with E-state index < -0.39 is 0 Å². The first-order valence-corrected chi connectivity index (χ1v) is 6.24. The lowest BCUT2D eigenvalue weighted by Crippen LogP contribution is -2.17. The van der Waals surface area contributed by atoms with Gasteiger partial charge in [0.15, 0.2) is 0 Å². The zero-order chi connectivity index (χ0) is 11.2. The minimum absolute atomic E-state index is 0.779. The van der Waals surface area contributed by atoms with Crippen LogP contribution in [0.15, 0.2) is 30.7 Å². The van der Waals surface area contributed by atoms with E-state index in [9.17, 15) is 0 Å². The fourth-order valence-electron chi connectivity index (χ4n) is 1.34. The SMILES string of the molecule is Clc1ccc(CCNCc2ccncn2)s1. The van der Waals surface area contributed by atoms with Crippen LogP contribution >= 0.6 is 22.9 Å². The van der Waals surface area contributed by atoms with E-state index in [1.165, 1.54) is 4.88 Å². The highest BCUT2D eigenvalue weighted by atomic mass is 35.5. The van der Waals surface area contributed by atoms with Gasteiger partial charge in [0.05, 0.1) is 10.0 Å². The lowest BCUT2D eigenvalue weighted by molar-refractivity contribution is 0.676. The first-order chi connectivity index (χ1) is 7.84. The topological polar surface area (TPSA) is 37.8 Å². The van der Waals surface area contributed by atoms with Gasteiger partial charge in [0.25, 0.3) is 0 Å². The first-order valence-electron chi connectivity index (χ1n) is 5.04. The van der Waals surface area contributed by atoms with Crippen LogP contribution in [0.1, 0.15) is 10.6 Å². The minimum Gasteiger partial charge on any atom is -0.311 e. The molecule has 0 aromatic carbocycles. The predicted octanol–water partition coefficient (Wildman–Crippen LogP) is 2.52. The molecular formula is C11H12ClN3S. The number of nitrogens with zero attached hydrogens (tertiary/aromatic N) is 2. The highest BCUT2D eigenvalue weighted by Gasteiger charge is 1.98. The van der Waals surface area contributed by atoms with E-state index in [4.69, 9.17) is 11.6 Å². The molecule has 0 atom stereocenters. The second-order valence-electron chi connectivity index (χ2n) is 3.33. The molecule has 0 unspecified atom stereocenters. The van der Waals surface area contributed by atoms with Gasteiger partial charge in [0, 0.05) is 24.2 Å². The van der Waals surface area contributed by atoms with E-state index >= 15 is 0 Å². The van der Waals surface area contributed by atoms with Crippen molar-refractivity contribution in [2.75, 3.05) is 6.54 Å². The molecule has 2 aromatic heterocycles. The third-order valence-corrected chi connectivity index (χ3v) is 3.42. The van der Waals surface area contributed by atoms with Crippen LogP contribution < -0.4 is 5.32 Å². The monoisotopic (exact) mass is 253 g/mol. The third kappa shape index (κ3) is 3.56. The number of nitrogens with one attached hydrogen (secondary N) is 1. The van der Waals surface area contributed by atoms with Gasteiger partial charge in [-0.3, -0.25) is 0 Å². The van der Waals surface area contributed by atoms with Crippen molar-refractivity contribution in [3.63, 3.8) is 0 Å². The number of hydrogen-bond donors (Lipinski definition) is 1. The second-order valence-corrected chi connectivity index (χ2v) is 5.13. The predicted molar refractivity (Wildman–Crippen MR) is 66.8 cm³/mol. The average Bonchev–Trinajstić information content (AvgIpc) is 2.72. The van der Waals surface area contributed by atoms with Crippen LogP contribution in [0, 0.1) is 0 Å². The van der Waals surface area contributed by atoms with Crippen LogP contribution in [0.5, 0.6) is 0 Å². The molecule has 0 spiro atoms. The summed E-state index contributed by atoms with van der Waals surface area (Å²) in [6.45, 7) is 1.71. The molecule has 0 bridgehead atoms. The van der Waals surface area contributed by atoms with E-state index in [0.717, 1.165) is 29.5 Å². The van der Waals surface area contributed by atoms with Crippen LogP contribution in [0.3, 0.4) is 0 Å². The molecule has 0 aliphatic rings. The molecule has 0 saturated heterocycles. The summed E-state index contributed by atoms with van der Waals surface area (Å²) in [4.78, 5) is 9.31. The van der Waals surface area contributed by atoms with Gasteiger partial charge in [-0.05, 0) is 24.6 Å². The summed E-state index contributed by atoms with van der Waals surface area (Å²) in [5.74, 6) is 0. The molecule has 0 radical (unpaired) electrons. The molecule has 1 N–H and O–H groups in total. The van der Waals surface area contributed by atoms with Gasteiger partial charge in [0.1, 0.15) is 6.33 Å². The minimum atomic E-state index is 0.779. The van der Waals surface area contributed by atoms with Crippen LogP contribution in [-0.4, -0.2) is 16.5 Å². The highest BCUT2D eigenvalue weighted by Crippen LogP contribution is 2.21. The Morgan fingerprint density at radius 3 is 2.94 bits per heavy atom. The van der Waals surface area contributed by atoms with Crippen LogP contribution in [0.25, 0.3) is 0 Å². The molecule has 0 fully saturated rings. The maximum Gasteiger partial charge on any atom is 0.115 e. The Kier molecular flexibility index (Phi) is 4.27. The summed E-state index contributed by atoms with van der Waals surface area (Å²) in [6.07, 6.45) is 4.32. The third-order valence-electron chi connectivity index (χ3n) is 2.13. The Morgan fingerprint density at radius 2 is 2.25 bits per heavy atom. The van der Waals surface area contributed by atoms with Gasteiger partial charge in [0.2, 0.25) is 0 Å². The number of hydrogen-bond acceptors (Lipinski definition) is 4. The lowest BCUT2D eigenvalue weighted by atomic mass is 10.3. The first kappa shape index (κ1) is 11.5. The molecular weight excluding hydrogens is 242 g/mol. The zero-order valence-corrected chi connectivity index (χ0v) is 10.3. The maximum absolute atomic E-state index is 5.85. The number of rotatable bonds is 5. The van der Waals surface area contributed by atoms with Gasteiger partial charge in [-0.15, -0.1) is 11.3 Å². The van der Waals surface area contributed by atoms with Crippen LogP contribution in [-0.2, 0) is 13.0 Å². The quantitative estimate of drug-likeness (QED) is 0.833. The van der Waals surface area contributed by atoms with Gasteiger partial charge >= 0.3 is 0 Å². The summed E-state index contributed by atoms with van der Waals surface area (Å²) in [5.41, 5.74) is 1.01. The fraction of sp³-hybridized carbons (Fsp3) is 0.273. The molecule has 0 aliphatic heterocycles. The van der Waals surface area contributed by atoms with Crippen molar-refractivity contribution >= 4 is 22.9 Å². The Labute approximate surface area is 104 Å². The van der Waals surface area contributed by atoms with Gasteiger partial charge < -0.3 is 5.32 Å². The molecule has 16 heavy (non-hydrogen) atoms. The van der Waals surface area contributed by atoms with Crippen molar-refractivity contribution < 1.29 is 0 Å². The lowest BCUT2D eigenvalue weighted by Gasteiger charge is -2.02. The average molecular weight is 254 g/mol. The maximum atomic E-state index is 5.85. The van der Waals surface area contributed by atoms with E-state index in [-0.39, 0.29) is 0 Å². The van der Waals surface area contributed by atoms with Crippen molar-refractivity contribution in [2.45, 2.75) is 13.0 Å². The molecule has 3 nitrogen and oxygen atoms in total. The summed E-state index contributed by atoms with van der Waals surface area (Å²) >= 11 is 7.48. The molecule has 2 aromatic rings. The summed E-state index contributed by atoms with van der Waals surface area (Å²) in [7, 11) is 0. The Balaban J connectivity index is 1.69. The second kappa shape index (κ2) is 5.94. The smallest absolute Gasteiger partial charge is 0.115 e. The number of thiophene rings is 1. The van der Waals surface area contributed by atoms with E-state index in [1.54, 1.807) is 23.9 Å². The molecule has 84 valence electrons. The van der Waals surface area contributed by atoms with Gasteiger partial charge in [-0.25, -0.2) is 9.97 Å². The standard InChI is InChI=1S/C11H12ClN3S/c12-11-2-1-10(16-11)4-6-13-7-9-3-5-14-8-15-9/h1-3,5,8,13H,4,6-7H2. The fourth-order valence-corrected chi connectivity index (χ4v) is 2.42. The van der Waals surface area contributed by atoms with Crippen molar-refractivity contribution in [1.82, 2.24) is 15.3 Å². The van der Waals surface area contributed by atoms with Gasteiger partial charge in [-0.1, -0.05) is 11.6 Å². The molecule has 2 rings (SSSR count). The normalized spacial score (nSPS) is 10.6. The van der Waals surface area contributed by atoms with E-state index in [1.807, 2.05) is 12.1 Å². The summed E-state index contributed by atoms with van der Waals surface area (Å²) in [6, 6.07) is 5.92. The molecule has 0 aliphatic carbocycles. The van der Waals surface area contributed by atoms with Gasteiger partial charge in [-0.2, -0.15) is 0 Å². The van der Waals surface area contributed by atoms with Crippen molar-refractivity contribution in [1.29, 1.82) is 0 Å². The van der Waals surface area contributed by atoms with E-state index in [0.29, 0.717) is 0 Å². The Bertz CT molecular complexity index is 430. The van der Waals surface area contributed by atoms with Crippen LogP contribution in [0.4, 0.5) is 0 Å². The molecule has 2 heterocycles. The Morgan fingerprint density at radius 1 is 1.31 bits per heavy atom. The number of halogens is 1. The van der Waals surface area contributed by atoms with E-state index in [2.05, 4.69) is 21.4 Å². The molecule has 0 amide bonds. The summed E-state index contributed by atoms with van der Waals surface area (Å²) in [5, 5.41) is 3.33.